The number of aromatic hydroxyl groups is 2. The van der Waals surface area contributed by atoms with Crippen molar-refractivity contribution in [1.82, 2.24) is 0 Å². The highest BCUT2D eigenvalue weighted by molar-refractivity contribution is 6.05. The summed E-state index contributed by atoms with van der Waals surface area (Å²) in [6.07, 6.45) is 3.94. The summed E-state index contributed by atoms with van der Waals surface area (Å²) in [6, 6.07) is 1.08. The number of carbonyl (C=O) groups is 3. The average Bonchev–Trinajstić information content (AvgIpc) is 2.90. The van der Waals surface area contributed by atoms with E-state index in [9.17, 15) is 39.9 Å². The van der Waals surface area contributed by atoms with Crippen LogP contribution in [-0.2, 0) is 16.0 Å². The van der Waals surface area contributed by atoms with Crippen molar-refractivity contribution in [3.05, 3.63) is 52.6 Å². The summed E-state index contributed by atoms with van der Waals surface area (Å²) in [6.45, 7) is 5.94. The van der Waals surface area contributed by atoms with Crippen molar-refractivity contribution in [2.75, 3.05) is 18.5 Å². The molecule has 0 unspecified atom stereocenters. The number of anilines is 1. The Bertz CT molecular complexity index is 1170. The SMILES string of the molecule is CC1=CC=C[C@H](CO)[C@@H](OC(N)=O)C(C)=C[C@H](C)[C@@H](O)[C@@H](CO)C[C@H](C)Cc2c(O)c(cc(O)c2C=O)NC1=O. The smallest absolute Gasteiger partial charge is 0.405 e. The van der Waals surface area contributed by atoms with Gasteiger partial charge in [-0.2, -0.15) is 0 Å². The highest BCUT2D eigenvalue weighted by Crippen LogP contribution is 2.38. The first-order chi connectivity index (χ1) is 18.8. The molecule has 220 valence electrons. The highest BCUT2D eigenvalue weighted by atomic mass is 16.6. The monoisotopic (exact) mass is 560 g/mol. The Morgan fingerprint density at radius 2 is 1.88 bits per heavy atom. The van der Waals surface area contributed by atoms with Crippen molar-refractivity contribution in [2.45, 2.75) is 52.7 Å². The molecule has 0 spiro atoms. The van der Waals surface area contributed by atoms with Crippen LogP contribution in [0.25, 0.3) is 0 Å². The van der Waals surface area contributed by atoms with Crippen LogP contribution in [0.5, 0.6) is 11.5 Å². The zero-order valence-electron chi connectivity index (χ0n) is 23.2. The molecule has 40 heavy (non-hydrogen) atoms. The van der Waals surface area contributed by atoms with E-state index in [0.29, 0.717) is 11.9 Å². The Hall–Kier alpha value is -3.67. The molecular formula is C29H40N2O9. The predicted molar refractivity (Wildman–Crippen MR) is 149 cm³/mol. The third-order valence-corrected chi connectivity index (χ3v) is 7.18. The number of carbonyl (C=O) groups excluding carboxylic acids is 3. The van der Waals surface area contributed by atoms with Gasteiger partial charge in [0.25, 0.3) is 5.91 Å². The van der Waals surface area contributed by atoms with Gasteiger partial charge in [-0.1, -0.05) is 38.2 Å². The van der Waals surface area contributed by atoms with Gasteiger partial charge in [-0.25, -0.2) is 4.79 Å². The largest absolute Gasteiger partial charge is 0.507 e. The zero-order chi connectivity index (χ0) is 30.1. The Morgan fingerprint density at radius 3 is 2.45 bits per heavy atom. The van der Waals surface area contributed by atoms with Crippen molar-refractivity contribution in [3.63, 3.8) is 0 Å². The van der Waals surface area contributed by atoms with Crippen LogP contribution in [0.1, 0.15) is 50.0 Å². The van der Waals surface area contributed by atoms with Crippen LogP contribution >= 0.6 is 0 Å². The molecule has 1 aliphatic heterocycles. The number of rotatable bonds is 4. The second-order valence-corrected chi connectivity index (χ2v) is 10.4. The maximum Gasteiger partial charge on any atom is 0.405 e. The number of phenolic OH excluding ortho intramolecular Hbond substituents is 2. The number of aliphatic hydroxyl groups excluding tert-OH is 3. The van der Waals surface area contributed by atoms with Gasteiger partial charge in [0.1, 0.15) is 17.6 Å². The fourth-order valence-electron chi connectivity index (χ4n) is 5.01. The molecule has 6 atom stereocenters. The standard InChI is InChI=1S/C29H40N2O9/c1-15-8-20(13-33)25(36)17(3)10-18(4)27(40-29(30)39)19(12-32)7-5-6-16(2)28(38)31-23-11-24(35)22(14-34)21(9-15)26(23)37/h5-7,10-11,14-15,17,19-20,25,27,32-33,35-37H,8-9,12-13H2,1-4H3,(H2,30,39)(H,31,38)/t15-,17-,19+,20+,25+,27-/m0/s1. The van der Waals surface area contributed by atoms with Gasteiger partial charge in [0.2, 0.25) is 0 Å². The zero-order valence-corrected chi connectivity index (χ0v) is 23.2. The lowest BCUT2D eigenvalue weighted by Crippen LogP contribution is -2.34. The molecule has 2 rings (SSSR count). The van der Waals surface area contributed by atoms with Crippen LogP contribution in [0.2, 0.25) is 0 Å². The number of aliphatic hydroxyl groups is 3. The maximum atomic E-state index is 12.8. The fraction of sp³-hybridized carbons (Fsp3) is 0.483. The molecule has 0 fully saturated rings. The molecule has 11 nitrogen and oxygen atoms in total. The van der Waals surface area contributed by atoms with Crippen molar-refractivity contribution in [1.29, 1.82) is 0 Å². The van der Waals surface area contributed by atoms with Crippen LogP contribution in [0.15, 0.2) is 41.5 Å². The van der Waals surface area contributed by atoms with Gasteiger partial charge < -0.3 is 41.3 Å². The number of amides is 2. The third-order valence-electron chi connectivity index (χ3n) is 7.18. The molecule has 0 saturated carbocycles. The average molecular weight is 561 g/mol. The van der Waals surface area contributed by atoms with Crippen molar-refractivity contribution in [2.24, 2.45) is 29.4 Å². The van der Waals surface area contributed by atoms with Gasteiger partial charge in [0.05, 0.1) is 24.0 Å². The summed E-state index contributed by atoms with van der Waals surface area (Å²) >= 11 is 0. The molecule has 0 aliphatic carbocycles. The first-order valence-corrected chi connectivity index (χ1v) is 13.1. The number of allylic oxidation sites excluding steroid dienone is 2. The summed E-state index contributed by atoms with van der Waals surface area (Å²) in [5, 5.41) is 55.1. The van der Waals surface area contributed by atoms with E-state index in [-0.39, 0.29) is 53.5 Å². The van der Waals surface area contributed by atoms with Crippen molar-refractivity contribution < 1.29 is 44.7 Å². The minimum Gasteiger partial charge on any atom is -0.507 e. The van der Waals surface area contributed by atoms with E-state index < -0.39 is 54.3 Å². The number of nitrogens with two attached hydrogens (primary N) is 1. The van der Waals surface area contributed by atoms with E-state index >= 15 is 0 Å². The third kappa shape index (κ3) is 8.17. The van der Waals surface area contributed by atoms with Crippen LogP contribution in [0.4, 0.5) is 10.5 Å². The van der Waals surface area contributed by atoms with E-state index in [1.807, 2.05) is 0 Å². The second kappa shape index (κ2) is 14.6. The molecule has 1 aromatic rings. The number of fused-ring (bicyclic) bond motifs is 2. The summed E-state index contributed by atoms with van der Waals surface area (Å²) in [5.41, 5.74) is 5.92. The molecule has 0 saturated heterocycles. The molecule has 0 radical (unpaired) electrons. The Kier molecular flexibility index (Phi) is 11.9. The maximum absolute atomic E-state index is 12.8. The Labute approximate surface area is 233 Å². The van der Waals surface area contributed by atoms with Crippen LogP contribution in [0.3, 0.4) is 0 Å². The molecule has 0 aromatic heterocycles. The topological polar surface area (TPSA) is 200 Å². The highest BCUT2D eigenvalue weighted by Gasteiger charge is 2.29. The first kappa shape index (κ1) is 32.5. The molecule has 2 amide bonds. The van der Waals surface area contributed by atoms with Gasteiger partial charge in [-0.15, -0.1) is 0 Å². The number of nitrogens with one attached hydrogen (secondary N) is 1. The summed E-state index contributed by atoms with van der Waals surface area (Å²) < 4.78 is 5.29. The minimum absolute atomic E-state index is 0.0970. The number of phenols is 2. The summed E-state index contributed by atoms with van der Waals surface area (Å²) in [5.74, 6) is -3.53. The number of hydrogen-bond acceptors (Lipinski definition) is 9. The first-order valence-electron chi connectivity index (χ1n) is 13.1. The van der Waals surface area contributed by atoms with Gasteiger partial charge in [-0.05, 0) is 38.2 Å². The Balaban J connectivity index is 2.66. The van der Waals surface area contributed by atoms with Crippen LogP contribution < -0.4 is 11.1 Å². The predicted octanol–water partition coefficient (Wildman–Crippen LogP) is 2.56. The summed E-state index contributed by atoms with van der Waals surface area (Å²) in [7, 11) is 0. The number of ether oxygens (including phenoxy) is 1. The van der Waals surface area contributed by atoms with Crippen molar-refractivity contribution in [3.8, 4) is 11.5 Å². The van der Waals surface area contributed by atoms with Crippen LogP contribution in [-0.4, -0.2) is 69.2 Å². The van der Waals surface area contributed by atoms with Gasteiger partial charge in [0, 0.05) is 41.6 Å². The van der Waals surface area contributed by atoms with Crippen LogP contribution in [0, 0.1) is 23.7 Å². The van der Waals surface area contributed by atoms with E-state index in [4.69, 9.17) is 10.5 Å². The van der Waals surface area contributed by atoms with Gasteiger partial charge >= 0.3 is 6.09 Å². The normalized spacial score (nSPS) is 26.8. The lowest BCUT2D eigenvalue weighted by Gasteiger charge is -2.29. The quantitative estimate of drug-likeness (QED) is 0.125. The number of aldehydes is 1. The molecule has 2 bridgehead atoms. The lowest BCUT2D eigenvalue weighted by molar-refractivity contribution is -0.112. The molecule has 1 aliphatic rings. The molecule has 1 heterocycles. The number of benzene rings is 1. The lowest BCUT2D eigenvalue weighted by atomic mass is 9.82. The van der Waals surface area contributed by atoms with Crippen molar-refractivity contribution >= 4 is 24.0 Å². The van der Waals surface area contributed by atoms with E-state index in [0.717, 1.165) is 6.07 Å². The number of primary amides is 1. The van der Waals surface area contributed by atoms with E-state index in [1.165, 1.54) is 25.2 Å². The molecular weight excluding hydrogens is 520 g/mol. The molecule has 11 heteroatoms. The fourth-order valence-corrected chi connectivity index (χ4v) is 5.01. The second-order valence-electron chi connectivity index (χ2n) is 10.4. The molecule has 8 N–H and O–H groups in total. The van der Waals surface area contributed by atoms with E-state index in [2.05, 4.69) is 5.32 Å². The molecule has 1 aromatic carbocycles. The van der Waals surface area contributed by atoms with Gasteiger partial charge in [0.15, 0.2) is 6.29 Å². The van der Waals surface area contributed by atoms with Gasteiger partial charge in [-0.3, -0.25) is 9.59 Å². The minimum atomic E-state index is -1.05. The van der Waals surface area contributed by atoms with E-state index in [1.54, 1.807) is 26.8 Å². The summed E-state index contributed by atoms with van der Waals surface area (Å²) in [4.78, 5) is 36.2. The Morgan fingerprint density at radius 1 is 1.20 bits per heavy atom. The number of hydrogen-bond donors (Lipinski definition) is 7.